The van der Waals surface area contributed by atoms with Gasteiger partial charge in [0.15, 0.2) is 0 Å². The highest BCUT2D eigenvalue weighted by atomic mass is 16.1. The molecule has 0 aromatic carbocycles. The van der Waals surface area contributed by atoms with Gasteiger partial charge >= 0.3 is 0 Å². The molecule has 59 valence electrons. The molecule has 2 heteroatoms. The van der Waals surface area contributed by atoms with Crippen LogP contribution in [0.25, 0.3) is 0 Å². The van der Waals surface area contributed by atoms with Gasteiger partial charge in [-0.3, -0.25) is 4.79 Å². The van der Waals surface area contributed by atoms with Crippen LogP contribution in [-0.4, -0.2) is 5.91 Å². The molecule has 0 unspecified atom stereocenters. The fraction of sp³-hybridized carbons (Fsp3) is 0.750. The Morgan fingerprint density at radius 1 is 1.40 bits per heavy atom. The molecule has 2 nitrogen and oxygen atoms in total. The number of amides is 1. The Morgan fingerprint density at radius 2 is 2.10 bits per heavy atom. The number of unbranched alkanes of at least 4 members (excludes halogenated alkanes) is 4. The van der Waals surface area contributed by atoms with Gasteiger partial charge in [0.1, 0.15) is 0 Å². The largest absolute Gasteiger partial charge is 0.370 e. The Labute approximate surface area is 62.8 Å². The highest BCUT2D eigenvalue weighted by Gasteiger charge is 1.92. The van der Waals surface area contributed by atoms with Crippen LogP contribution in [0, 0.1) is 6.42 Å². The van der Waals surface area contributed by atoms with E-state index in [1.165, 1.54) is 6.42 Å². The Bertz CT molecular complexity index is 91.3. The van der Waals surface area contributed by atoms with Crippen molar-refractivity contribution in [3.63, 3.8) is 0 Å². The molecule has 10 heavy (non-hydrogen) atoms. The van der Waals surface area contributed by atoms with E-state index in [-0.39, 0.29) is 5.91 Å². The molecule has 0 saturated carbocycles. The van der Waals surface area contributed by atoms with Crippen LogP contribution in [-0.2, 0) is 4.79 Å². The number of hydrogen-bond donors (Lipinski definition) is 1. The maximum Gasteiger partial charge on any atom is 0.217 e. The zero-order chi connectivity index (χ0) is 7.82. The average Bonchev–Trinajstić information content (AvgIpc) is 1.87. The molecule has 0 aliphatic carbocycles. The maximum atomic E-state index is 10.2. The summed E-state index contributed by atoms with van der Waals surface area (Å²) < 4.78 is 0. The standard InChI is InChI=1S/C8H16NO/c1-2-3-4-5-6-7-8(9)10/h2H,3-7H2,1H3,(H2,9,10). The molecule has 0 atom stereocenters. The van der Waals surface area contributed by atoms with Gasteiger partial charge < -0.3 is 5.73 Å². The van der Waals surface area contributed by atoms with Crippen LogP contribution in [0.5, 0.6) is 0 Å². The second-order valence-corrected chi connectivity index (χ2v) is 2.47. The molecule has 0 saturated heterocycles. The van der Waals surface area contributed by atoms with Crippen molar-refractivity contribution in [2.45, 2.75) is 39.0 Å². The van der Waals surface area contributed by atoms with Crippen molar-refractivity contribution < 1.29 is 4.79 Å². The lowest BCUT2D eigenvalue weighted by molar-refractivity contribution is -0.118. The van der Waals surface area contributed by atoms with Gasteiger partial charge in [-0.2, -0.15) is 0 Å². The van der Waals surface area contributed by atoms with Gasteiger partial charge in [-0.25, -0.2) is 0 Å². The molecule has 2 N–H and O–H groups in total. The summed E-state index contributed by atoms with van der Waals surface area (Å²) in [6.07, 6.45) is 7.09. The number of carbonyl (C=O) groups excluding carboxylic acids is 1. The van der Waals surface area contributed by atoms with Crippen LogP contribution in [0.1, 0.15) is 39.0 Å². The first-order chi connectivity index (χ1) is 4.77. The molecule has 0 aliphatic rings. The molecule has 0 bridgehead atoms. The molecule has 0 aromatic heterocycles. The number of hydrogen-bond acceptors (Lipinski definition) is 1. The first-order valence-corrected chi connectivity index (χ1v) is 3.83. The number of nitrogens with two attached hydrogens (primary N) is 1. The third-order valence-corrected chi connectivity index (χ3v) is 1.42. The summed E-state index contributed by atoms with van der Waals surface area (Å²) in [5, 5.41) is 0. The van der Waals surface area contributed by atoms with Crippen molar-refractivity contribution in [1.82, 2.24) is 0 Å². The second kappa shape index (κ2) is 6.59. The normalized spacial score (nSPS) is 9.70. The van der Waals surface area contributed by atoms with Crippen molar-refractivity contribution in [1.29, 1.82) is 0 Å². The van der Waals surface area contributed by atoms with E-state index in [9.17, 15) is 4.79 Å². The van der Waals surface area contributed by atoms with Crippen molar-refractivity contribution in [3.8, 4) is 0 Å². The van der Waals surface area contributed by atoms with Gasteiger partial charge in [-0.15, -0.1) is 0 Å². The molecular formula is C8H16NO. The summed E-state index contributed by atoms with van der Waals surface area (Å²) in [6.45, 7) is 2.05. The molecule has 0 aromatic rings. The summed E-state index contributed by atoms with van der Waals surface area (Å²) in [7, 11) is 0. The van der Waals surface area contributed by atoms with Crippen molar-refractivity contribution in [2.75, 3.05) is 0 Å². The van der Waals surface area contributed by atoms with E-state index in [2.05, 4.69) is 6.42 Å². The highest BCUT2D eigenvalue weighted by molar-refractivity contribution is 5.73. The monoisotopic (exact) mass is 142 g/mol. The van der Waals surface area contributed by atoms with E-state index >= 15 is 0 Å². The minimum absolute atomic E-state index is 0.180. The molecule has 0 fully saturated rings. The molecule has 0 aliphatic heterocycles. The van der Waals surface area contributed by atoms with Crippen molar-refractivity contribution in [3.05, 3.63) is 6.42 Å². The molecular weight excluding hydrogens is 126 g/mol. The average molecular weight is 142 g/mol. The zero-order valence-electron chi connectivity index (χ0n) is 6.60. The van der Waals surface area contributed by atoms with Gasteiger partial charge in [0, 0.05) is 6.42 Å². The van der Waals surface area contributed by atoms with Crippen molar-refractivity contribution >= 4 is 5.91 Å². The Morgan fingerprint density at radius 3 is 2.60 bits per heavy atom. The lowest BCUT2D eigenvalue weighted by atomic mass is 10.1. The van der Waals surface area contributed by atoms with E-state index in [4.69, 9.17) is 5.73 Å². The third-order valence-electron chi connectivity index (χ3n) is 1.42. The first kappa shape index (κ1) is 9.47. The number of rotatable bonds is 6. The van der Waals surface area contributed by atoms with Crippen LogP contribution in [0.15, 0.2) is 0 Å². The lowest BCUT2D eigenvalue weighted by Gasteiger charge is -1.95. The van der Waals surface area contributed by atoms with E-state index in [0.717, 1.165) is 19.3 Å². The summed E-state index contributed by atoms with van der Waals surface area (Å²) in [5.41, 5.74) is 4.96. The van der Waals surface area contributed by atoms with E-state index in [0.29, 0.717) is 6.42 Å². The van der Waals surface area contributed by atoms with E-state index in [1.807, 2.05) is 6.92 Å². The van der Waals surface area contributed by atoms with Crippen LogP contribution in [0.4, 0.5) is 0 Å². The molecule has 0 heterocycles. The van der Waals surface area contributed by atoms with E-state index < -0.39 is 0 Å². The molecule has 1 amide bonds. The van der Waals surface area contributed by atoms with Gasteiger partial charge in [-0.1, -0.05) is 26.2 Å². The molecule has 1 radical (unpaired) electrons. The lowest BCUT2D eigenvalue weighted by Crippen LogP contribution is -2.09. The van der Waals surface area contributed by atoms with Gasteiger partial charge in [-0.05, 0) is 12.8 Å². The third kappa shape index (κ3) is 7.47. The van der Waals surface area contributed by atoms with Crippen LogP contribution >= 0.6 is 0 Å². The number of carbonyl (C=O) groups is 1. The zero-order valence-corrected chi connectivity index (χ0v) is 6.60. The molecule has 0 rings (SSSR count). The maximum absolute atomic E-state index is 10.2. The number of primary amides is 1. The van der Waals surface area contributed by atoms with E-state index in [1.54, 1.807) is 0 Å². The highest BCUT2D eigenvalue weighted by Crippen LogP contribution is 2.03. The quantitative estimate of drug-likeness (QED) is 0.563. The summed E-state index contributed by atoms with van der Waals surface area (Å²) in [5.74, 6) is -0.180. The SMILES string of the molecule is C[CH]CCCCCC(N)=O. The van der Waals surface area contributed by atoms with Crippen LogP contribution in [0.2, 0.25) is 0 Å². The Balaban J connectivity index is 2.84. The van der Waals surface area contributed by atoms with Gasteiger partial charge in [0.2, 0.25) is 5.91 Å². The predicted molar refractivity (Wildman–Crippen MR) is 42.3 cm³/mol. The van der Waals surface area contributed by atoms with Crippen molar-refractivity contribution in [2.24, 2.45) is 5.73 Å². The van der Waals surface area contributed by atoms with Gasteiger partial charge in [0.25, 0.3) is 0 Å². The Hall–Kier alpha value is -0.530. The van der Waals surface area contributed by atoms with Crippen LogP contribution < -0.4 is 5.73 Å². The second-order valence-electron chi connectivity index (χ2n) is 2.47. The fourth-order valence-electron chi connectivity index (χ4n) is 0.824. The summed E-state index contributed by atoms with van der Waals surface area (Å²) in [6, 6.07) is 0. The minimum Gasteiger partial charge on any atom is -0.370 e. The van der Waals surface area contributed by atoms with Crippen LogP contribution in [0.3, 0.4) is 0 Å². The molecule has 0 spiro atoms. The smallest absolute Gasteiger partial charge is 0.217 e. The topological polar surface area (TPSA) is 43.1 Å². The summed E-state index contributed by atoms with van der Waals surface area (Å²) >= 11 is 0. The fourth-order valence-corrected chi connectivity index (χ4v) is 0.824. The predicted octanol–water partition coefficient (Wildman–Crippen LogP) is 1.65. The van der Waals surface area contributed by atoms with Gasteiger partial charge in [0.05, 0.1) is 0 Å². The summed E-state index contributed by atoms with van der Waals surface area (Å²) in [4.78, 5) is 10.2. The minimum atomic E-state index is -0.180. The Kier molecular flexibility index (Phi) is 6.24. The first-order valence-electron chi connectivity index (χ1n) is 3.83.